The summed E-state index contributed by atoms with van der Waals surface area (Å²) in [5.74, 6) is 0.125. The number of carbonyl (C=O) groups is 1. The van der Waals surface area contributed by atoms with Gasteiger partial charge in [-0.2, -0.15) is 0 Å². The number of unbranched alkanes of at least 4 members (excludes halogenated alkanes) is 5. The Morgan fingerprint density at radius 1 is 0.912 bits per heavy atom. The number of rotatable bonds is 9. The Bertz CT molecular complexity index is 980. The SMILES string of the molecule is CCCCCCCCC1=CC2CCCC(C1)N2C(=O)OCC1c2ccccc2-c2ccccc21. The van der Waals surface area contributed by atoms with Gasteiger partial charge in [-0.1, -0.05) is 99.2 Å². The van der Waals surface area contributed by atoms with Gasteiger partial charge in [0.1, 0.15) is 6.61 Å². The quantitative estimate of drug-likeness (QED) is 0.280. The molecule has 2 aromatic carbocycles. The van der Waals surface area contributed by atoms with Gasteiger partial charge in [0.2, 0.25) is 0 Å². The number of ether oxygens (including phenoxy) is 1. The van der Waals surface area contributed by atoms with Crippen LogP contribution in [0.3, 0.4) is 0 Å². The fourth-order valence-corrected chi connectivity index (χ4v) is 6.39. The summed E-state index contributed by atoms with van der Waals surface area (Å²) in [6, 6.07) is 17.6. The van der Waals surface area contributed by atoms with Gasteiger partial charge in [-0.3, -0.25) is 4.90 Å². The zero-order valence-corrected chi connectivity index (χ0v) is 20.7. The van der Waals surface area contributed by atoms with Crippen molar-refractivity contribution < 1.29 is 9.53 Å². The maximum atomic E-state index is 13.3. The first-order chi connectivity index (χ1) is 16.8. The van der Waals surface area contributed by atoms with Gasteiger partial charge in [-0.25, -0.2) is 4.79 Å². The summed E-state index contributed by atoms with van der Waals surface area (Å²) < 4.78 is 6.04. The molecule has 0 saturated carbocycles. The number of nitrogens with zero attached hydrogens (tertiary/aromatic N) is 1. The van der Waals surface area contributed by atoms with Crippen LogP contribution in [0.25, 0.3) is 11.1 Å². The Morgan fingerprint density at radius 3 is 2.29 bits per heavy atom. The number of amides is 1. The number of hydrogen-bond donors (Lipinski definition) is 0. The van der Waals surface area contributed by atoms with Crippen LogP contribution in [0.5, 0.6) is 0 Å². The van der Waals surface area contributed by atoms with Crippen LogP contribution in [-0.4, -0.2) is 29.7 Å². The van der Waals surface area contributed by atoms with Crippen molar-refractivity contribution in [3.63, 3.8) is 0 Å². The lowest BCUT2D eigenvalue weighted by molar-refractivity contribution is 0.0507. The van der Waals surface area contributed by atoms with Crippen LogP contribution in [0.2, 0.25) is 0 Å². The second-order valence-corrected chi connectivity index (χ2v) is 10.4. The van der Waals surface area contributed by atoms with E-state index in [1.165, 1.54) is 73.6 Å². The summed E-state index contributed by atoms with van der Waals surface area (Å²) in [7, 11) is 0. The van der Waals surface area contributed by atoms with E-state index in [2.05, 4.69) is 66.4 Å². The molecule has 2 aliphatic heterocycles. The van der Waals surface area contributed by atoms with Crippen molar-refractivity contribution in [2.75, 3.05) is 6.61 Å². The van der Waals surface area contributed by atoms with Crippen LogP contribution in [-0.2, 0) is 4.74 Å². The number of carbonyl (C=O) groups excluding carboxylic acids is 1. The van der Waals surface area contributed by atoms with Crippen LogP contribution in [0, 0.1) is 0 Å². The Labute approximate surface area is 205 Å². The highest BCUT2D eigenvalue weighted by Crippen LogP contribution is 2.45. The van der Waals surface area contributed by atoms with E-state index in [0.717, 1.165) is 19.3 Å². The normalized spacial score (nSPS) is 21.1. The van der Waals surface area contributed by atoms with E-state index in [-0.39, 0.29) is 18.1 Å². The average molecular weight is 458 g/mol. The van der Waals surface area contributed by atoms with Gasteiger partial charge in [0.05, 0.1) is 6.04 Å². The molecule has 2 heterocycles. The summed E-state index contributed by atoms with van der Waals surface area (Å²) in [5.41, 5.74) is 6.67. The first-order valence-electron chi connectivity index (χ1n) is 13.6. The molecule has 2 atom stereocenters. The lowest BCUT2D eigenvalue weighted by atomic mass is 9.84. The van der Waals surface area contributed by atoms with Crippen molar-refractivity contribution >= 4 is 6.09 Å². The van der Waals surface area contributed by atoms with Crippen molar-refractivity contribution in [1.82, 2.24) is 4.90 Å². The third-order valence-electron chi connectivity index (χ3n) is 8.11. The van der Waals surface area contributed by atoms with Gasteiger partial charge in [-0.05, 0) is 60.8 Å². The summed E-state index contributed by atoms with van der Waals surface area (Å²) >= 11 is 0. The minimum absolute atomic E-state index is 0.119. The summed E-state index contributed by atoms with van der Waals surface area (Å²) in [5, 5.41) is 0. The molecule has 34 heavy (non-hydrogen) atoms. The fourth-order valence-electron chi connectivity index (χ4n) is 6.39. The highest BCUT2D eigenvalue weighted by molar-refractivity contribution is 5.79. The van der Waals surface area contributed by atoms with E-state index in [9.17, 15) is 4.79 Å². The Morgan fingerprint density at radius 2 is 1.59 bits per heavy atom. The van der Waals surface area contributed by atoms with Gasteiger partial charge in [0, 0.05) is 12.0 Å². The third-order valence-corrected chi connectivity index (χ3v) is 8.11. The van der Waals surface area contributed by atoms with Crippen LogP contribution in [0.15, 0.2) is 60.2 Å². The molecular formula is C31H39NO2. The standard InChI is InChI=1S/C31H39NO2/c1-2-3-4-5-6-7-13-23-20-24-14-12-15-25(21-23)32(24)31(33)34-22-30-28-18-10-8-16-26(28)27-17-9-11-19-29(27)30/h8-11,16-20,24-25,30H,2-7,12-15,21-22H2,1H3. The molecule has 180 valence electrons. The van der Waals surface area contributed by atoms with Crippen LogP contribution in [0.4, 0.5) is 4.79 Å². The molecule has 1 aliphatic carbocycles. The molecule has 3 heteroatoms. The minimum Gasteiger partial charge on any atom is -0.448 e. The van der Waals surface area contributed by atoms with Crippen LogP contribution >= 0.6 is 0 Å². The van der Waals surface area contributed by atoms with Crippen LogP contribution in [0.1, 0.15) is 94.6 Å². The molecule has 2 aromatic rings. The molecule has 2 unspecified atom stereocenters. The van der Waals surface area contributed by atoms with Gasteiger partial charge < -0.3 is 4.74 Å². The summed E-state index contributed by atoms with van der Waals surface area (Å²) in [4.78, 5) is 15.4. The molecular weight excluding hydrogens is 418 g/mol. The first kappa shape index (κ1) is 23.2. The molecule has 0 aromatic heterocycles. The van der Waals surface area contributed by atoms with Crippen molar-refractivity contribution in [2.24, 2.45) is 0 Å². The van der Waals surface area contributed by atoms with Gasteiger partial charge in [0.25, 0.3) is 0 Å². The highest BCUT2D eigenvalue weighted by atomic mass is 16.6. The predicted octanol–water partition coefficient (Wildman–Crippen LogP) is 8.24. The average Bonchev–Trinajstić information content (AvgIpc) is 3.18. The molecule has 1 saturated heterocycles. The number of fused-ring (bicyclic) bond motifs is 5. The van der Waals surface area contributed by atoms with E-state index in [1.54, 1.807) is 5.57 Å². The van der Waals surface area contributed by atoms with Crippen molar-refractivity contribution in [2.45, 2.75) is 95.6 Å². The van der Waals surface area contributed by atoms with Crippen molar-refractivity contribution in [1.29, 1.82) is 0 Å². The number of piperidine rings is 1. The Hall–Kier alpha value is -2.55. The van der Waals surface area contributed by atoms with Crippen molar-refractivity contribution in [3.8, 4) is 11.1 Å². The van der Waals surface area contributed by atoms with E-state index in [0.29, 0.717) is 12.6 Å². The Balaban J connectivity index is 1.21. The summed E-state index contributed by atoms with van der Waals surface area (Å²) in [6.07, 6.45) is 15.9. The largest absolute Gasteiger partial charge is 0.448 e. The number of hydrogen-bond acceptors (Lipinski definition) is 2. The predicted molar refractivity (Wildman–Crippen MR) is 139 cm³/mol. The van der Waals surface area contributed by atoms with E-state index in [1.807, 2.05) is 0 Å². The lowest BCUT2D eigenvalue weighted by Gasteiger charge is -2.44. The lowest BCUT2D eigenvalue weighted by Crippen LogP contribution is -2.52. The van der Waals surface area contributed by atoms with E-state index >= 15 is 0 Å². The molecule has 1 amide bonds. The third kappa shape index (κ3) is 4.80. The zero-order chi connectivity index (χ0) is 23.3. The molecule has 3 aliphatic rings. The van der Waals surface area contributed by atoms with Crippen molar-refractivity contribution in [3.05, 3.63) is 71.3 Å². The molecule has 3 nitrogen and oxygen atoms in total. The molecule has 0 N–H and O–H groups in total. The van der Waals surface area contributed by atoms with Gasteiger partial charge in [-0.15, -0.1) is 0 Å². The topological polar surface area (TPSA) is 29.5 Å². The van der Waals surface area contributed by atoms with Gasteiger partial charge >= 0.3 is 6.09 Å². The highest BCUT2D eigenvalue weighted by Gasteiger charge is 2.38. The minimum atomic E-state index is -0.119. The van der Waals surface area contributed by atoms with Gasteiger partial charge in [0.15, 0.2) is 0 Å². The monoisotopic (exact) mass is 457 g/mol. The maximum absolute atomic E-state index is 13.3. The van der Waals surface area contributed by atoms with E-state index < -0.39 is 0 Å². The molecule has 1 fully saturated rings. The van der Waals surface area contributed by atoms with E-state index in [4.69, 9.17) is 4.74 Å². The molecule has 5 rings (SSSR count). The Kier molecular flexibility index (Phi) is 7.37. The summed E-state index contributed by atoms with van der Waals surface area (Å²) in [6.45, 7) is 2.69. The zero-order valence-electron chi connectivity index (χ0n) is 20.7. The molecule has 0 spiro atoms. The smallest absolute Gasteiger partial charge is 0.410 e. The second-order valence-electron chi connectivity index (χ2n) is 10.4. The molecule has 0 radical (unpaired) electrons. The molecule has 2 bridgehead atoms. The maximum Gasteiger partial charge on any atom is 0.410 e. The number of benzene rings is 2. The second kappa shape index (κ2) is 10.8. The first-order valence-corrected chi connectivity index (χ1v) is 13.6. The fraction of sp³-hybridized carbons (Fsp3) is 0.516. The van der Waals surface area contributed by atoms with Crippen LogP contribution < -0.4 is 0 Å².